The predicted octanol–water partition coefficient (Wildman–Crippen LogP) is 1.47. The molecule has 0 aromatic carbocycles. The van der Waals surface area contributed by atoms with Crippen molar-refractivity contribution in [1.82, 2.24) is 5.32 Å². The molecule has 1 aliphatic rings. The lowest BCUT2D eigenvalue weighted by Gasteiger charge is -2.40. The fraction of sp³-hybridized carbons (Fsp3) is 0.909. The number of alkyl halides is 1. The molecule has 1 aliphatic carbocycles. The minimum Gasteiger partial charge on any atom is -0.383 e. The van der Waals surface area contributed by atoms with Gasteiger partial charge in [-0.1, -0.05) is 15.9 Å². The number of carbonyl (C=O) groups excluding carboxylic acids is 1. The number of rotatable bonds is 7. The monoisotopic (exact) mass is 293 g/mol. The molecule has 94 valence electrons. The van der Waals surface area contributed by atoms with Gasteiger partial charge in [0.25, 0.3) is 0 Å². The van der Waals surface area contributed by atoms with Crippen molar-refractivity contribution in [3.8, 4) is 0 Å². The van der Waals surface area contributed by atoms with Crippen molar-refractivity contribution >= 4 is 21.8 Å². The molecule has 0 aromatic rings. The Morgan fingerprint density at radius 3 is 2.56 bits per heavy atom. The van der Waals surface area contributed by atoms with Crippen molar-refractivity contribution in [1.29, 1.82) is 0 Å². The van der Waals surface area contributed by atoms with Crippen molar-refractivity contribution in [2.75, 3.05) is 26.2 Å². The standard InChI is InChI=1S/C11H20BrNO3/c1-15-8-9(7-12)13-10(14)6-11(16-2)4-3-5-11/h9H,3-8H2,1-2H3,(H,13,14). The summed E-state index contributed by atoms with van der Waals surface area (Å²) in [7, 11) is 3.31. The molecule has 1 amide bonds. The molecule has 0 heterocycles. The van der Waals surface area contributed by atoms with Gasteiger partial charge in [0.2, 0.25) is 5.91 Å². The summed E-state index contributed by atoms with van der Waals surface area (Å²) in [5.41, 5.74) is -0.200. The van der Waals surface area contributed by atoms with E-state index < -0.39 is 0 Å². The summed E-state index contributed by atoms with van der Waals surface area (Å²) < 4.78 is 10.4. The number of amides is 1. The van der Waals surface area contributed by atoms with Gasteiger partial charge in [-0.15, -0.1) is 0 Å². The van der Waals surface area contributed by atoms with E-state index in [2.05, 4.69) is 21.2 Å². The zero-order valence-corrected chi connectivity index (χ0v) is 11.5. The van der Waals surface area contributed by atoms with E-state index in [1.165, 1.54) is 0 Å². The minimum absolute atomic E-state index is 0.0338. The van der Waals surface area contributed by atoms with Gasteiger partial charge in [0.1, 0.15) is 0 Å². The van der Waals surface area contributed by atoms with Crippen LogP contribution >= 0.6 is 15.9 Å². The summed E-state index contributed by atoms with van der Waals surface area (Å²) in [4.78, 5) is 11.8. The molecule has 0 aliphatic heterocycles. The summed E-state index contributed by atoms with van der Waals surface area (Å²) in [6, 6.07) is 0.0338. The number of methoxy groups -OCH3 is 2. The van der Waals surface area contributed by atoms with Crippen molar-refractivity contribution in [3.05, 3.63) is 0 Å². The van der Waals surface area contributed by atoms with Gasteiger partial charge in [0.05, 0.1) is 24.7 Å². The first-order valence-electron chi connectivity index (χ1n) is 5.55. The van der Waals surface area contributed by atoms with Gasteiger partial charge in [-0.3, -0.25) is 4.79 Å². The van der Waals surface area contributed by atoms with Crippen LogP contribution in [0.3, 0.4) is 0 Å². The highest BCUT2D eigenvalue weighted by Crippen LogP contribution is 2.37. The van der Waals surface area contributed by atoms with Gasteiger partial charge < -0.3 is 14.8 Å². The van der Waals surface area contributed by atoms with E-state index in [1.807, 2.05) is 0 Å². The molecule has 0 spiro atoms. The second-order valence-corrected chi connectivity index (χ2v) is 4.94. The van der Waals surface area contributed by atoms with Crippen LogP contribution in [0.15, 0.2) is 0 Å². The third-order valence-electron chi connectivity index (χ3n) is 3.10. The highest BCUT2D eigenvalue weighted by Gasteiger charge is 2.39. The Hall–Kier alpha value is -0.130. The smallest absolute Gasteiger partial charge is 0.223 e. The Bertz CT molecular complexity index is 226. The summed E-state index contributed by atoms with van der Waals surface area (Å²) in [5.74, 6) is 0.0445. The van der Waals surface area contributed by atoms with Crippen LogP contribution in [-0.4, -0.2) is 43.7 Å². The van der Waals surface area contributed by atoms with Crippen LogP contribution in [0.1, 0.15) is 25.7 Å². The molecule has 1 saturated carbocycles. The topological polar surface area (TPSA) is 47.6 Å². The highest BCUT2D eigenvalue weighted by molar-refractivity contribution is 9.09. The normalized spacial score (nSPS) is 19.9. The average molecular weight is 294 g/mol. The molecule has 1 unspecified atom stereocenters. The molecule has 5 heteroatoms. The van der Waals surface area contributed by atoms with E-state index in [9.17, 15) is 4.79 Å². The van der Waals surface area contributed by atoms with Crippen LogP contribution in [0, 0.1) is 0 Å². The van der Waals surface area contributed by atoms with Gasteiger partial charge in [-0.2, -0.15) is 0 Å². The number of hydrogen-bond donors (Lipinski definition) is 1. The maximum atomic E-state index is 11.8. The van der Waals surface area contributed by atoms with E-state index in [4.69, 9.17) is 9.47 Å². The predicted molar refractivity (Wildman–Crippen MR) is 65.8 cm³/mol. The van der Waals surface area contributed by atoms with Crippen molar-refractivity contribution < 1.29 is 14.3 Å². The molecular weight excluding hydrogens is 274 g/mol. The van der Waals surface area contributed by atoms with Crippen molar-refractivity contribution in [2.24, 2.45) is 0 Å². The van der Waals surface area contributed by atoms with Gasteiger partial charge in [-0.05, 0) is 19.3 Å². The summed E-state index contributed by atoms with van der Waals surface area (Å²) in [6.07, 6.45) is 3.58. The zero-order valence-electron chi connectivity index (χ0n) is 9.92. The van der Waals surface area contributed by atoms with E-state index >= 15 is 0 Å². The second kappa shape index (κ2) is 6.57. The Labute approximate surface area is 105 Å². The van der Waals surface area contributed by atoms with Gasteiger partial charge in [-0.25, -0.2) is 0 Å². The summed E-state index contributed by atoms with van der Waals surface area (Å²) >= 11 is 3.35. The summed E-state index contributed by atoms with van der Waals surface area (Å²) in [5, 5.41) is 3.64. The first-order chi connectivity index (χ1) is 7.65. The molecule has 1 N–H and O–H groups in total. The van der Waals surface area contributed by atoms with E-state index in [0.717, 1.165) is 19.3 Å². The average Bonchev–Trinajstić information content (AvgIpc) is 2.23. The quantitative estimate of drug-likeness (QED) is 0.723. The van der Waals surface area contributed by atoms with Gasteiger partial charge in [0, 0.05) is 19.5 Å². The number of ether oxygens (including phenoxy) is 2. The zero-order chi connectivity index (χ0) is 12.0. The first kappa shape index (κ1) is 13.9. The van der Waals surface area contributed by atoms with Crippen LogP contribution in [0.2, 0.25) is 0 Å². The Balaban J connectivity index is 2.34. The number of hydrogen-bond acceptors (Lipinski definition) is 3. The van der Waals surface area contributed by atoms with Crippen molar-refractivity contribution in [3.63, 3.8) is 0 Å². The highest BCUT2D eigenvalue weighted by atomic mass is 79.9. The second-order valence-electron chi connectivity index (χ2n) is 4.29. The number of carbonyl (C=O) groups is 1. The van der Waals surface area contributed by atoms with Crippen LogP contribution in [0.4, 0.5) is 0 Å². The lowest BCUT2D eigenvalue weighted by molar-refractivity contribution is -0.135. The molecule has 4 nitrogen and oxygen atoms in total. The van der Waals surface area contributed by atoms with E-state index in [0.29, 0.717) is 18.4 Å². The Morgan fingerprint density at radius 1 is 1.50 bits per heavy atom. The molecule has 16 heavy (non-hydrogen) atoms. The molecule has 0 radical (unpaired) electrons. The fourth-order valence-electron chi connectivity index (χ4n) is 1.92. The van der Waals surface area contributed by atoms with Gasteiger partial charge >= 0.3 is 0 Å². The van der Waals surface area contributed by atoms with E-state index in [1.54, 1.807) is 14.2 Å². The third kappa shape index (κ3) is 3.71. The van der Waals surface area contributed by atoms with Crippen LogP contribution in [-0.2, 0) is 14.3 Å². The number of halogens is 1. The molecule has 0 aromatic heterocycles. The number of nitrogens with one attached hydrogen (secondary N) is 1. The molecule has 1 atom stereocenters. The Kier molecular flexibility index (Phi) is 5.72. The molecule has 1 rings (SSSR count). The van der Waals surface area contributed by atoms with Crippen LogP contribution in [0.5, 0.6) is 0 Å². The van der Waals surface area contributed by atoms with Crippen LogP contribution < -0.4 is 5.32 Å². The minimum atomic E-state index is -0.200. The first-order valence-corrected chi connectivity index (χ1v) is 6.67. The largest absolute Gasteiger partial charge is 0.383 e. The Morgan fingerprint density at radius 2 is 2.19 bits per heavy atom. The maximum Gasteiger partial charge on any atom is 0.223 e. The SMILES string of the molecule is COCC(CBr)NC(=O)CC1(OC)CCC1. The fourth-order valence-corrected chi connectivity index (χ4v) is 2.27. The molecule has 0 saturated heterocycles. The van der Waals surface area contributed by atoms with Crippen LogP contribution in [0.25, 0.3) is 0 Å². The van der Waals surface area contributed by atoms with E-state index in [-0.39, 0.29) is 17.6 Å². The molecule has 0 bridgehead atoms. The van der Waals surface area contributed by atoms with Crippen molar-refractivity contribution in [2.45, 2.75) is 37.3 Å². The molecular formula is C11H20BrNO3. The third-order valence-corrected chi connectivity index (χ3v) is 3.88. The summed E-state index contributed by atoms with van der Waals surface area (Å²) in [6.45, 7) is 0.525. The maximum absolute atomic E-state index is 11.8. The van der Waals surface area contributed by atoms with Gasteiger partial charge in [0.15, 0.2) is 0 Å². The lowest BCUT2D eigenvalue weighted by atomic mass is 9.77. The lowest BCUT2D eigenvalue weighted by Crippen LogP contribution is -2.47. The molecule has 1 fully saturated rings.